The zero-order chi connectivity index (χ0) is 27.2. The average Bonchev–Trinajstić information content (AvgIpc) is 2.92. The van der Waals surface area contributed by atoms with Crippen molar-refractivity contribution in [2.24, 2.45) is 17.8 Å². The molecule has 0 radical (unpaired) electrons. The topological polar surface area (TPSA) is 119 Å². The van der Waals surface area contributed by atoms with E-state index in [1.54, 1.807) is 31.2 Å². The third-order valence-corrected chi connectivity index (χ3v) is 6.96. The van der Waals surface area contributed by atoms with E-state index >= 15 is 0 Å². The third-order valence-electron chi connectivity index (χ3n) is 6.96. The zero-order valence-electron chi connectivity index (χ0n) is 22.2. The van der Waals surface area contributed by atoms with E-state index in [2.05, 4.69) is 13.5 Å². The van der Waals surface area contributed by atoms with E-state index in [1.165, 1.54) is 25.7 Å². The fourth-order valence-electron chi connectivity index (χ4n) is 4.36. The highest BCUT2D eigenvalue weighted by Crippen LogP contribution is 2.33. The summed E-state index contributed by atoms with van der Waals surface area (Å²) in [5.74, 6) is -1.64. The monoisotopic (exact) mass is 518 g/mol. The van der Waals surface area contributed by atoms with Crippen molar-refractivity contribution in [1.82, 2.24) is 0 Å². The SMILES string of the molecule is C=C(CO)C(=O)OCC(COC(=O)C(C)CO)c1ccc(OC(=O)C2CCC(CCCCC)CC2)cc1. The Morgan fingerprint density at radius 3 is 2.24 bits per heavy atom. The van der Waals surface area contributed by atoms with E-state index < -0.39 is 30.4 Å². The number of aliphatic hydroxyl groups is 2. The van der Waals surface area contributed by atoms with Gasteiger partial charge in [0.15, 0.2) is 0 Å². The molecule has 1 aromatic rings. The molecule has 2 rings (SSSR count). The van der Waals surface area contributed by atoms with E-state index in [0.717, 1.165) is 25.7 Å². The molecular formula is C29H42O8. The van der Waals surface area contributed by atoms with Crippen molar-refractivity contribution in [3.05, 3.63) is 42.0 Å². The van der Waals surface area contributed by atoms with Crippen LogP contribution in [-0.2, 0) is 23.9 Å². The van der Waals surface area contributed by atoms with Crippen LogP contribution in [-0.4, -0.2) is 54.5 Å². The zero-order valence-corrected chi connectivity index (χ0v) is 22.2. The fraction of sp³-hybridized carbons (Fsp3) is 0.621. The van der Waals surface area contributed by atoms with E-state index in [9.17, 15) is 14.4 Å². The van der Waals surface area contributed by atoms with Crippen molar-refractivity contribution in [1.29, 1.82) is 0 Å². The fourth-order valence-corrected chi connectivity index (χ4v) is 4.36. The highest BCUT2D eigenvalue weighted by molar-refractivity contribution is 5.87. The lowest BCUT2D eigenvalue weighted by atomic mass is 9.80. The summed E-state index contributed by atoms with van der Waals surface area (Å²) in [4.78, 5) is 36.7. The summed E-state index contributed by atoms with van der Waals surface area (Å²) < 4.78 is 16.1. The van der Waals surface area contributed by atoms with Crippen LogP contribution >= 0.6 is 0 Å². The predicted molar refractivity (Wildman–Crippen MR) is 139 cm³/mol. The lowest BCUT2D eigenvalue weighted by molar-refractivity contribution is -0.150. The van der Waals surface area contributed by atoms with Gasteiger partial charge in [0.1, 0.15) is 19.0 Å². The maximum atomic E-state index is 12.7. The summed E-state index contributed by atoms with van der Waals surface area (Å²) in [6.45, 7) is 6.15. The number of rotatable bonds is 15. The van der Waals surface area contributed by atoms with Crippen LogP contribution in [0.3, 0.4) is 0 Å². The normalized spacial score (nSPS) is 18.9. The summed E-state index contributed by atoms with van der Waals surface area (Å²) in [5.41, 5.74) is 0.626. The van der Waals surface area contributed by atoms with Crippen LogP contribution in [0.25, 0.3) is 0 Å². The number of aliphatic hydroxyl groups excluding tert-OH is 2. The molecule has 2 N–H and O–H groups in total. The van der Waals surface area contributed by atoms with Gasteiger partial charge in [0.05, 0.1) is 36.5 Å². The van der Waals surface area contributed by atoms with E-state index in [-0.39, 0.29) is 37.3 Å². The summed E-state index contributed by atoms with van der Waals surface area (Å²) in [6, 6.07) is 6.80. The molecule has 1 fully saturated rings. The molecule has 1 saturated carbocycles. The Hall–Kier alpha value is -2.71. The maximum absolute atomic E-state index is 12.7. The molecule has 0 aliphatic heterocycles. The smallest absolute Gasteiger partial charge is 0.335 e. The molecule has 8 heteroatoms. The van der Waals surface area contributed by atoms with Gasteiger partial charge in [-0.05, 0) is 56.2 Å². The number of carbonyl (C=O) groups is 3. The van der Waals surface area contributed by atoms with Crippen LogP contribution in [0, 0.1) is 17.8 Å². The summed E-state index contributed by atoms with van der Waals surface area (Å²) in [5, 5.41) is 18.2. The van der Waals surface area contributed by atoms with E-state index in [1.807, 2.05) is 0 Å². The number of ether oxygens (including phenoxy) is 3. The Kier molecular flexibility index (Phi) is 13.4. The highest BCUT2D eigenvalue weighted by Gasteiger charge is 2.28. The minimum absolute atomic E-state index is 0.0807. The molecule has 206 valence electrons. The van der Waals surface area contributed by atoms with Crippen LogP contribution in [0.1, 0.15) is 76.7 Å². The lowest BCUT2D eigenvalue weighted by Crippen LogP contribution is -2.26. The number of carbonyl (C=O) groups excluding carboxylic acids is 3. The van der Waals surface area contributed by atoms with Gasteiger partial charge >= 0.3 is 17.9 Å². The van der Waals surface area contributed by atoms with Gasteiger partial charge in [-0.1, -0.05) is 51.3 Å². The van der Waals surface area contributed by atoms with Gasteiger partial charge < -0.3 is 24.4 Å². The number of benzene rings is 1. The van der Waals surface area contributed by atoms with Gasteiger partial charge in [-0.3, -0.25) is 9.59 Å². The largest absolute Gasteiger partial charge is 0.465 e. The molecule has 1 aromatic carbocycles. The minimum atomic E-state index is -0.742. The highest BCUT2D eigenvalue weighted by atomic mass is 16.5. The van der Waals surface area contributed by atoms with Crippen molar-refractivity contribution in [2.75, 3.05) is 26.4 Å². The molecule has 1 aliphatic rings. The van der Waals surface area contributed by atoms with Gasteiger partial charge in [0, 0.05) is 0 Å². The number of unbranched alkanes of at least 4 members (excludes halogenated alkanes) is 2. The first-order valence-corrected chi connectivity index (χ1v) is 13.3. The molecule has 2 unspecified atom stereocenters. The molecule has 0 spiro atoms. The van der Waals surface area contributed by atoms with Gasteiger partial charge in [-0.15, -0.1) is 0 Å². The molecule has 1 aliphatic carbocycles. The quantitative estimate of drug-likeness (QED) is 0.152. The van der Waals surface area contributed by atoms with E-state index in [4.69, 9.17) is 24.4 Å². The van der Waals surface area contributed by atoms with Gasteiger partial charge in [0.2, 0.25) is 0 Å². The molecule has 37 heavy (non-hydrogen) atoms. The summed E-state index contributed by atoms with van der Waals surface area (Å²) in [7, 11) is 0. The molecule has 8 nitrogen and oxygen atoms in total. The molecule has 0 aromatic heterocycles. The molecule has 2 atom stereocenters. The second-order valence-corrected chi connectivity index (χ2v) is 9.97. The van der Waals surface area contributed by atoms with Crippen molar-refractivity contribution >= 4 is 17.9 Å². The van der Waals surface area contributed by atoms with Crippen molar-refractivity contribution < 1.29 is 38.8 Å². The number of esters is 3. The Morgan fingerprint density at radius 1 is 1.00 bits per heavy atom. The average molecular weight is 519 g/mol. The van der Waals surface area contributed by atoms with Crippen LogP contribution < -0.4 is 4.74 Å². The minimum Gasteiger partial charge on any atom is -0.465 e. The molecule has 0 heterocycles. The second-order valence-electron chi connectivity index (χ2n) is 9.97. The number of hydrogen-bond acceptors (Lipinski definition) is 8. The standard InChI is InChI=1S/C29H42O8/c1-4-5-6-7-22-8-10-24(11-9-22)29(34)37-26-14-12-23(13-15-26)25(18-35-27(32)20(2)16-30)19-36-28(33)21(3)17-31/h12-15,21-22,24-25,30-31H,2,4-11,16-19H2,1,3H3. The van der Waals surface area contributed by atoms with Gasteiger partial charge in [-0.25, -0.2) is 4.79 Å². The first kappa shape index (κ1) is 30.5. The first-order chi connectivity index (χ1) is 17.8. The Morgan fingerprint density at radius 2 is 1.65 bits per heavy atom. The third kappa shape index (κ3) is 10.3. The molecular weight excluding hydrogens is 476 g/mol. The Balaban J connectivity index is 1.95. The van der Waals surface area contributed by atoms with Crippen molar-refractivity contribution in [3.8, 4) is 5.75 Å². The van der Waals surface area contributed by atoms with Gasteiger partial charge in [0.25, 0.3) is 0 Å². The van der Waals surface area contributed by atoms with Crippen LogP contribution in [0.2, 0.25) is 0 Å². The molecule has 0 saturated heterocycles. The second kappa shape index (κ2) is 16.2. The molecule has 0 bridgehead atoms. The number of hydrogen-bond donors (Lipinski definition) is 2. The summed E-state index contributed by atoms with van der Waals surface area (Å²) >= 11 is 0. The van der Waals surface area contributed by atoms with Gasteiger partial charge in [-0.2, -0.15) is 0 Å². The van der Waals surface area contributed by atoms with Crippen molar-refractivity contribution in [2.45, 2.75) is 71.1 Å². The lowest BCUT2D eigenvalue weighted by Gasteiger charge is -2.27. The van der Waals surface area contributed by atoms with Crippen molar-refractivity contribution in [3.63, 3.8) is 0 Å². The van der Waals surface area contributed by atoms with Crippen LogP contribution in [0.4, 0.5) is 0 Å². The molecule has 0 amide bonds. The maximum Gasteiger partial charge on any atom is 0.335 e. The van der Waals surface area contributed by atoms with Crippen LogP contribution in [0.5, 0.6) is 5.75 Å². The predicted octanol–water partition coefficient (Wildman–Crippen LogP) is 4.33. The van der Waals surface area contributed by atoms with Crippen LogP contribution in [0.15, 0.2) is 36.4 Å². The van der Waals surface area contributed by atoms with E-state index in [0.29, 0.717) is 17.2 Å². The Bertz CT molecular complexity index is 870. The first-order valence-electron chi connectivity index (χ1n) is 13.3. The Labute approximate surface area is 220 Å². The summed E-state index contributed by atoms with van der Waals surface area (Å²) in [6.07, 6.45) is 8.85.